The van der Waals surface area contributed by atoms with Crippen molar-refractivity contribution in [2.45, 2.75) is 39.5 Å². The molecule has 1 aromatic heterocycles. The fourth-order valence-electron chi connectivity index (χ4n) is 4.09. The van der Waals surface area contributed by atoms with Crippen LogP contribution in [0, 0.1) is 0 Å². The molecule has 0 atom stereocenters. The molecule has 4 rings (SSSR count). The summed E-state index contributed by atoms with van der Waals surface area (Å²) in [6, 6.07) is 30.5. The molecule has 3 aromatic carbocycles. The Morgan fingerprint density at radius 2 is 1.14 bits per heavy atom. The lowest BCUT2D eigenvalue weighted by molar-refractivity contribution is 0.835. The summed E-state index contributed by atoms with van der Waals surface area (Å²) in [6.07, 6.45) is 2.17. The van der Waals surface area contributed by atoms with Crippen LogP contribution in [0.25, 0.3) is 28.1 Å². The van der Waals surface area contributed by atoms with Crippen LogP contribution in [-0.4, -0.2) is 4.57 Å². The standard InChI is InChI=1S/C28H29N/c1-20(2)25-18-23(22-12-7-5-8-13-22)19-26(21(3)4)28(25)27-16-11-17-29(27)24-14-9-6-10-15-24/h5-21H,1-4H3. The molecule has 146 valence electrons. The molecule has 29 heavy (non-hydrogen) atoms. The molecule has 1 heteroatoms. The molecule has 0 unspecified atom stereocenters. The molecular weight excluding hydrogens is 350 g/mol. The van der Waals surface area contributed by atoms with Gasteiger partial charge < -0.3 is 4.57 Å². The van der Waals surface area contributed by atoms with Gasteiger partial charge in [-0.3, -0.25) is 0 Å². The molecule has 0 spiro atoms. The first-order chi connectivity index (χ1) is 14.1. The van der Waals surface area contributed by atoms with Crippen LogP contribution < -0.4 is 0 Å². The maximum absolute atomic E-state index is 2.39. The summed E-state index contributed by atoms with van der Waals surface area (Å²) in [5.41, 5.74) is 9.24. The van der Waals surface area contributed by atoms with Gasteiger partial charge in [0.2, 0.25) is 0 Å². The first kappa shape index (κ1) is 19.3. The van der Waals surface area contributed by atoms with Crippen molar-refractivity contribution >= 4 is 0 Å². The molecule has 0 saturated carbocycles. The fourth-order valence-corrected chi connectivity index (χ4v) is 4.09. The van der Waals surface area contributed by atoms with E-state index in [9.17, 15) is 0 Å². The van der Waals surface area contributed by atoms with Crippen molar-refractivity contribution in [3.05, 3.63) is 102 Å². The van der Waals surface area contributed by atoms with Gasteiger partial charge in [-0.05, 0) is 58.4 Å². The molecule has 0 saturated heterocycles. The molecular formula is C28H29N. The summed E-state index contributed by atoms with van der Waals surface area (Å²) in [5, 5.41) is 0. The van der Waals surface area contributed by atoms with E-state index in [0.29, 0.717) is 11.8 Å². The van der Waals surface area contributed by atoms with Crippen LogP contribution >= 0.6 is 0 Å². The molecule has 0 aliphatic rings. The summed E-state index contributed by atoms with van der Waals surface area (Å²) in [7, 11) is 0. The lowest BCUT2D eigenvalue weighted by Crippen LogP contribution is -2.05. The van der Waals surface area contributed by atoms with Crippen molar-refractivity contribution in [1.82, 2.24) is 4.57 Å². The highest BCUT2D eigenvalue weighted by Gasteiger charge is 2.20. The van der Waals surface area contributed by atoms with Crippen molar-refractivity contribution in [3.63, 3.8) is 0 Å². The van der Waals surface area contributed by atoms with Gasteiger partial charge in [0.25, 0.3) is 0 Å². The highest BCUT2D eigenvalue weighted by molar-refractivity contribution is 5.78. The molecule has 0 aliphatic carbocycles. The van der Waals surface area contributed by atoms with Gasteiger partial charge in [0.15, 0.2) is 0 Å². The van der Waals surface area contributed by atoms with E-state index < -0.39 is 0 Å². The molecule has 4 aromatic rings. The van der Waals surface area contributed by atoms with Crippen LogP contribution in [0.3, 0.4) is 0 Å². The van der Waals surface area contributed by atoms with Gasteiger partial charge in [-0.1, -0.05) is 88.4 Å². The van der Waals surface area contributed by atoms with E-state index in [1.165, 1.54) is 39.2 Å². The third kappa shape index (κ3) is 3.78. The first-order valence-electron chi connectivity index (χ1n) is 10.5. The average Bonchev–Trinajstić information content (AvgIpc) is 3.23. The lowest BCUT2D eigenvalue weighted by Gasteiger charge is -2.23. The summed E-state index contributed by atoms with van der Waals surface area (Å²) in [6.45, 7) is 9.20. The summed E-state index contributed by atoms with van der Waals surface area (Å²) >= 11 is 0. The van der Waals surface area contributed by atoms with Crippen molar-refractivity contribution in [2.75, 3.05) is 0 Å². The molecule has 0 bridgehead atoms. The minimum absolute atomic E-state index is 0.435. The molecule has 0 radical (unpaired) electrons. The van der Waals surface area contributed by atoms with Gasteiger partial charge in [-0.25, -0.2) is 0 Å². The maximum atomic E-state index is 2.39. The second kappa shape index (κ2) is 8.13. The zero-order valence-electron chi connectivity index (χ0n) is 17.8. The summed E-state index contributed by atoms with van der Waals surface area (Å²) in [4.78, 5) is 0. The molecule has 0 N–H and O–H groups in total. The van der Waals surface area contributed by atoms with Crippen LogP contribution in [-0.2, 0) is 0 Å². The van der Waals surface area contributed by atoms with Gasteiger partial charge in [-0.2, -0.15) is 0 Å². The molecule has 1 nitrogen and oxygen atoms in total. The minimum Gasteiger partial charge on any atom is -0.317 e. The van der Waals surface area contributed by atoms with E-state index in [0.717, 1.165) is 0 Å². The molecule has 0 fully saturated rings. The van der Waals surface area contributed by atoms with E-state index in [2.05, 4.69) is 123 Å². The second-order valence-electron chi connectivity index (χ2n) is 8.30. The monoisotopic (exact) mass is 379 g/mol. The predicted octanol–water partition coefficient (Wildman–Crippen LogP) is 8.06. The van der Waals surface area contributed by atoms with Crippen LogP contribution in [0.2, 0.25) is 0 Å². The van der Waals surface area contributed by atoms with E-state index in [1.807, 2.05) is 0 Å². The quantitative estimate of drug-likeness (QED) is 0.330. The third-order valence-corrected chi connectivity index (χ3v) is 5.59. The van der Waals surface area contributed by atoms with E-state index in [-0.39, 0.29) is 0 Å². The summed E-state index contributed by atoms with van der Waals surface area (Å²) in [5.74, 6) is 0.871. The van der Waals surface area contributed by atoms with Gasteiger partial charge >= 0.3 is 0 Å². The van der Waals surface area contributed by atoms with E-state index in [4.69, 9.17) is 0 Å². The van der Waals surface area contributed by atoms with Crippen LogP contribution in [0.4, 0.5) is 0 Å². The SMILES string of the molecule is CC(C)c1cc(-c2ccccc2)cc(C(C)C)c1-c1cccn1-c1ccccc1. The topological polar surface area (TPSA) is 4.93 Å². The Hall–Kier alpha value is -3.06. The number of hydrogen-bond donors (Lipinski definition) is 0. The van der Waals surface area contributed by atoms with Gasteiger partial charge in [0, 0.05) is 17.4 Å². The zero-order chi connectivity index (χ0) is 20.4. The normalized spacial score (nSPS) is 11.4. The Bertz CT molecular complexity index is 1060. The number of para-hydroxylation sites is 1. The highest BCUT2D eigenvalue weighted by atomic mass is 15.0. The van der Waals surface area contributed by atoms with Gasteiger partial charge in [0.05, 0.1) is 5.69 Å². The Kier molecular flexibility index (Phi) is 5.40. The van der Waals surface area contributed by atoms with Gasteiger partial charge in [-0.15, -0.1) is 0 Å². The smallest absolute Gasteiger partial charge is 0.0534 e. The number of nitrogens with zero attached hydrogens (tertiary/aromatic N) is 1. The zero-order valence-corrected chi connectivity index (χ0v) is 17.8. The number of rotatable bonds is 5. The van der Waals surface area contributed by atoms with Crippen molar-refractivity contribution < 1.29 is 0 Å². The predicted molar refractivity (Wildman–Crippen MR) is 125 cm³/mol. The molecule has 1 heterocycles. The van der Waals surface area contributed by atoms with Gasteiger partial charge in [0.1, 0.15) is 0 Å². The van der Waals surface area contributed by atoms with Crippen LogP contribution in [0.1, 0.15) is 50.7 Å². The molecule has 0 amide bonds. The second-order valence-corrected chi connectivity index (χ2v) is 8.30. The number of benzene rings is 3. The Morgan fingerprint density at radius 1 is 0.586 bits per heavy atom. The Labute approximate surface area is 174 Å². The Morgan fingerprint density at radius 3 is 1.69 bits per heavy atom. The average molecular weight is 380 g/mol. The van der Waals surface area contributed by atoms with Crippen LogP contribution in [0.15, 0.2) is 91.1 Å². The third-order valence-electron chi connectivity index (χ3n) is 5.59. The fraction of sp³-hybridized carbons (Fsp3) is 0.214. The maximum Gasteiger partial charge on any atom is 0.0534 e. The van der Waals surface area contributed by atoms with Crippen LogP contribution in [0.5, 0.6) is 0 Å². The van der Waals surface area contributed by atoms with Crippen molar-refractivity contribution in [2.24, 2.45) is 0 Å². The summed E-state index contributed by atoms with van der Waals surface area (Å²) < 4.78 is 2.31. The largest absolute Gasteiger partial charge is 0.317 e. The minimum atomic E-state index is 0.435. The van der Waals surface area contributed by atoms with Crippen molar-refractivity contribution in [1.29, 1.82) is 0 Å². The number of hydrogen-bond acceptors (Lipinski definition) is 0. The lowest BCUT2D eigenvalue weighted by atomic mass is 9.84. The molecule has 0 aliphatic heterocycles. The van der Waals surface area contributed by atoms with Crippen molar-refractivity contribution in [3.8, 4) is 28.1 Å². The van der Waals surface area contributed by atoms with E-state index in [1.54, 1.807) is 0 Å². The highest BCUT2D eigenvalue weighted by Crippen LogP contribution is 2.40. The first-order valence-corrected chi connectivity index (χ1v) is 10.5. The Balaban J connectivity index is 1.98. The van der Waals surface area contributed by atoms with E-state index >= 15 is 0 Å². The number of aromatic nitrogens is 1.